The van der Waals surface area contributed by atoms with E-state index in [1.807, 2.05) is 24.6 Å². The molecule has 0 aliphatic heterocycles. The minimum atomic E-state index is -0.570. The lowest BCUT2D eigenvalue weighted by atomic mass is 10.0. The number of aromatic nitrogens is 2. The van der Waals surface area contributed by atoms with Crippen LogP contribution >= 0.6 is 11.6 Å². The van der Waals surface area contributed by atoms with E-state index in [1.165, 1.54) is 12.1 Å². The van der Waals surface area contributed by atoms with Gasteiger partial charge in [0.05, 0.1) is 11.8 Å². The van der Waals surface area contributed by atoms with E-state index >= 15 is 0 Å². The number of benzene rings is 1. The number of aliphatic hydroxyl groups is 1. The van der Waals surface area contributed by atoms with Crippen LogP contribution in [0.1, 0.15) is 23.9 Å². The fourth-order valence-corrected chi connectivity index (χ4v) is 2.54. The van der Waals surface area contributed by atoms with Crippen molar-refractivity contribution in [2.75, 3.05) is 0 Å². The van der Waals surface area contributed by atoms with Gasteiger partial charge in [0.15, 0.2) is 0 Å². The van der Waals surface area contributed by atoms with Crippen LogP contribution in [0.5, 0.6) is 0 Å². The summed E-state index contributed by atoms with van der Waals surface area (Å²) in [7, 11) is 0. The quantitative estimate of drug-likeness (QED) is 0.920. The smallest absolute Gasteiger partial charge is 0.124 e. The number of hydrogen-bond donors (Lipinski definition) is 1. The fraction of sp³-hybridized carbons (Fsp3) is 0.400. The standard InChI is InChI=1S/C15H18ClFN2O/c1-3-19-13(6-10(2)18-19)9-14(20)7-11-4-5-12(17)8-15(11)16/h4-6,8,14,20H,3,7,9H2,1-2H3. The van der Waals surface area contributed by atoms with Gasteiger partial charge in [0, 0.05) is 30.1 Å². The highest BCUT2D eigenvalue weighted by Gasteiger charge is 2.13. The molecule has 2 aromatic rings. The summed E-state index contributed by atoms with van der Waals surface area (Å²) in [5.41, 5.74) is 2.68. The Labute approximate surface area is 123 Å². The zero-order chi connectivity index (χ0) is 14.7. The largest absolute Gasteiger partial charge is 0.392 e. The summed E-state index contributed by atoms with van der Waals surface area (Å²) in [5.74, 6) is -0.368. The van der Waals surface area contributed by atoms with E-state index in [0.29, 0.717) is 17.9 Å². The molecule has 0 aliphatic carbocycles. The SMILES string of the molecule is CCn1nc(C)cc1CC(O)Cc1ccc(F)cc1Cl. The molecule has 0 fully saturated rings. The van der Waals surface area contributed by atoms with E-state index in [1.54, 1.807) is 6.07 Å². The molecule has 0 amide bonds. The average Bonchev–Trinajstić information content (AvgIpc) is 2.73. The maximum absolute atomic E-state index is 13.0. The van der Waals surface area contributed by atoms with E-state index in [2.05, 4.69) is 5.10 Å². The van der Waals surface area contributed by atoms with Crippen LogP contribution in [0.25, 0.3) is 0 Å². The second-order valence-corrected chi connectivity index (χ2v) is 5.30. The molecule has 3 nitrogen and oxygen atoms in total. The van der Waals surface area contributed by atoms with Crippen LogP contribution in [0.2, 0.25) is 5.02 Å². The number of aliphatic hydroxyl groups excluding tert-OH is 1. The zero-order valence-corrected chi connectivity index (χ0v) is 12.4. The van der Waals surface area contributed by atoms with E-state index in [-0.39, 0.29) is 5.82 Å². The van der Waals surface area contributed by atoms with Crippen LogP contribution in [-0.4, -0.2) is 21.0 Å². The molecule has 0 aliphatic rings. The third-order valence-electron chi connectivity index (χ3n) is 3.20. The van der Waals surface area contributed by atoms with E-state index in [9.17, 15) is 9.50 Å². The Balaban J connectivity index is 2.06. The lowest BCUT2D eigenvalue weighted by Gasteiger charge is -2.12. The van der Waals surface area contributed by atoms with Crippen molar-refractivity contribution >= 4 is 11.6 Å². The average molecular weight is 297 g/mol. The first-order valence-electron chi connectivity index (χ1n) is 6.65. The molecule has 1 heterocycles. The van der Waals surface area contributed by atoms with Gasteiger partial charge in [-0.2, -0.15) is 5.10 Å². The first-order chi connectivity index (χ1) is 9.49. The Morgan fingerprint density at radius 3 is 2.75 bits per heavy atom. The second kappa shape index (κ2) is 6.37. The molecular formula is C15H18ClFN2O. The van der Waals surface area contributed by atoms with Crippen LogP contribution in [0, 0.1) is 12.7 Å². The van der Waals surface area contributed by atoms with Crippen molar-refractivity contribution in [3.05, 3.63) is 52.1 Å². The van der Waals surface area contributed by atoms with Gasteiger partial charge in [0.2, 0.25) is 0 Å². The highest BCUT2D eigenvalue weighted by Crippen LogP contribution is 2.20. The molecule has 0 bridgehead atoms. The number of halogens is 2. The van der Waals surface area contributed by atoms with Crippen molar-refractivity contribution in [3.8, 4) is 0 Å². The van der Waals surface area contributed by atoms with Gasteiger partial charge >= 0.3 is 0 Å². The van der Waals surface area contributed by atoms with Crippen LogP contribution in [0.3, 0.4) is 0 Å². The summed E-state index contributed by atoms with van der Waals surface area (Å²) < 4.78 is 14.9. The minimum Gasteiger partial charge on any atom is -0.392 e. The zero-order valence-electron chi connectivity index (χ0n) is 11.6. The number of rotatable bonds is 5. The number of hydrogen-bond acceptors (Lipinski definition) is 2. The van der Waals surface area contributed by atoms with Crippen LogP contribution in [-0.2, 0) is 19.4 Å². The molecular weight excluding hydrogens is 279 g/mol. The molecule has 108 valence electrons. The topological polar surface area (TPSA) is 38.0 Å². The van der Waals surface area contributed by atoms with E-state index in [0.717, 1.165) is 23.5 Å². The Bertz CT molecular complexity index is 598. The van der Waals surface area contributed by atoms with Crippen molar-refractivity contribution in [1.82, 2.24) is 9.78 Å². The third-order valence-corrected chi connectivity index (χ3v) is 3.55. The molecule has 0 spiro atoms. The van der Waals surface area contributed by atoms with Gasteiger partial charge in [-0.15, -0.1) is 0 Å². The summed E-state index contributed by atoms with van der Waals surface area (Å²) in [6, 6.07) is 6.21. The molecule has 1 aromatic carbocycles. The summed E-state index contributed by atoms with van der Waals surface area (Å²) in [5, 5.41) is 14.9. The fourth-order valence-electron chi connectivity index (χ4n) is 2.29. The molecule has 0 saturated heterocycles. The van der Waals surface area contributed by atoms with Crippen molar-refractivity contribution in [3.63, 3.8) is 0 Å². The normalized spacial score (nSPS) is 12.7. The molecule has 0 saturated carbocycles. The third kappa shape index (κ3) is 3.58. The van der Waals surface area contributed by atoms with Crippen LogP contribution in [0.15, 0.2) is 24.3 Å². The van der Waals surface area contributed by atoms with Crippen molar-refractivity contribution in [2.45, 2.75) is 39.3 Å². The molecule has 1 N–H and O–H groups in total. The van der Waals surface area contributed by atoms with Gasteiger partial charge in [-0.05, 0) is 37.6 Å². The van der Waals surface area contributed by atoms with Gasteiger partial charge in [-0.25, -0.2) is 4.39 Å². The van der Waals surface area contributed by atoms with Crippen molar-refractivity contribution in [2.24, 2.45) is 0 Å². The molecule has 2 rings (SSSR count). The van der Waals surface area contributed by atoms with Gasteiger partial charge in [0.25, 0.3) is 0 Å². The lowest BCUT2D eigenvalue weighted by Crippen LogP contribution is -2.17. The molecule has 5 heteroatoms. The molecule has 20 heavy (non-hydrogen) atoms. The van der Waals surface area contributed by atoms with Gasteiger partial charge in [0.1, 0.15) is 5.82 Å². The summed E-state index contributed by atoms with van der Waals surface area (Å²) in [6.45, 7) is 4.71. The second-order valence-electron chi connectivity index (χ2n) is 4.89. The van der Waals surface area contributed by atoms with Crippen LogP contribution < -0.4 is 0 Å². The molecule has 1 atom stereocenters. The lowest BCUT2D eigenvalue weighted by molar-refractivity contribution is 0.172. The highest BCUT2D eigenvalue weighted by atomic mass is 35.5. The van der Waals surface area contributed by atoms with E-state index < -0.39 is 6.10 Å². The number of aryl methyl sites for hydroxylation is 2. The molecule has 1 aromatic heterocycles. The predicted molar refractivity (Wildman–Crippen MR) is 77.5 cm³/mol. The molecule has 1 unspecified atom stereocenters. The Morgan fingerprint density at radius 2 is 2.10 bits per heavy atom. The summed E-state index contributed by atoms with van der Waals surface area (Å²) >= 11 is 5.97. The van der Waals surface area contributed by atoms with E-state index in [4.69, 9.17) is 11.6 Å². The summed E-state index contributed by atoms with van der Waals surface area (Å²) in [4.78, 5) is 0. The maximum atomic E-state index is 13.0. The Kier molecular flexibility index (Phi) is 4.78. The van der Waals surface area contributed by atoms with Gasteiger partial charge < -0.3 is 5.11 Å². The molecule has 0 radical (unpaired) electrons. The van der Waals surface area contributed by atoms with Gasteiger partial charge in [-0.3, -0.25) is 4.68 Å². The monoisotopic (exact) mass is 296 g/mol. The Hall–Kier alpha value is -1.39. The first kappa shape index (κ1) is 15.0. The summed E-state index contributed by atoms with van der Waals surface area (Å²) in [6.07, 6.45) is 0.328. The Morgan fingerprint density at radius 1 is 1.35 bits per heavy atom. The van der Waals surface area contributed by atoms with Crippen LogP contribution in [0.4, 0.5) is 4.39 Å². The predicted octanol–water partition coefficient (Wildman–Crippen LogP) is 3.15. The highest BCUT2D eigenvalue weighted by molar-refractivity contribution is 6.31. The van der Waals surface area contributed by atoms with Crippen molar-refractivity contribution < 1.29 is 9.50 Å². The van der Waals surface area contributed by atoms with Crippen molar-refractivity contribution in [1.29, 1.82) is 0 Å². The first-order valence-corrected chi connectivity index (χ1v) is 7.02. The number of nitrogens with zero attached hydrogens (tertiary/aromatic N) is 2. The maximum Gasteiger partial charge on any atom is 0.124 e. The minimum absolute atomic E-state index is 0.351. The van der Waals surface area contributed by atoms with Gasteiger partial charge in [-0.1, -0.05) is 17.7 Å².